The Labute approximate surface area is 122 Å². The summed E-state index contributed by atoms with van der Waals surface area (Å²) in [6.07, 6.45) is 6.00. The fourth-order valence-electron chi connectivity index (χ4n) is 1.92. The lowest BCUT2D eigenvalue weighted by molar-refractivity contribution is 0.417. The minimum atomic E-state index is 0.291. The third-order valence-electron chi connectivity index (χ3n) is 3.18. The van der Waals surface area contributed by atoms with E-state index in [4.69, 9.17) is 4.52 Å². The van der Waals surface area contributed by atoms with E-state index in [2.05, 4.69) is 32.5 Å². The summed E-state index contributed by atoms with van der Waals surface area (Å²) in [7, 11) is 1.90. The molecule has 0 saturated heterocycles. The van der Waals surface area contributed by atoms with E-state index < -0.39 is 0 Å². The SMILES string of the molecule is CNC(C)Cc1noc(-c2cc(-n3cccn3)ccn2)n1. The molecule has 0 saturated carbocycles. The van der Waals surface area contributed by atoms with Crippen LogP contribution >= 0.6 is 0 Å². The molecule has 3 heterocycles. The van der Waals surface area contributed by atoms with Gasteiger partial charge in [0.05, 0.1) is 5.69 Å². The van der Waals surface area contributed by atoms with Crippen molar-refractivity contribution in [1.29, 1.82) is 0 Å². The number of likely N-dealkylation sites (N-methyl/N-ethyl adjacent to an activating group) is 1. The topological polar surface area (TPSA) is 81.7 Å². The van der Waals surface area contributed by atoms with Crippen LogP contribution in [0.4, 0.5) is 0 Å². The zero-order chi connectivity index (χ0) is 14.7. The molecule has 3 rings (SSSR count). The number of hydrogen-bond donors (Lipinski definition) is 1. The van der Waals surface area contributed by atoms with Gasteiger partial charge in [-0.1, -0.05) is 5.16 Å². The Morgan fingerprint density at radius 2 is 2.29 bits per heavy atom. The van der Waals surface area contributed by atoms with Crippen molar-refractivity contribution in [2.24, 2.45) is 0 Å². The first kappa shape index (κ1) is 13.4. The van der Waals surface area contributed by atoms with Crippen molar-refractivity contribution in [1.82, 2.24) is 30.2 Å². The highest BCUT2D eigenvalue weighted by Gasteiger charge is 2.13. The van der Waals surface area contributed by atoms with Crippen molar-refractivity contribution >= 4 is 0 Å². The van der Waals surface area contributed by atoms with Crippen molar-refractivity contribution in [3.63, 3.8) is 0 Å². The first-order valence-corrected chi connectivity index (χ1v) is 6.72. The Morgan fingerprint density at radius 3 is 3.05 bits per heavy atom. The van der Waals surface area contributed by atoms with Gasteiger partial charge in [-0.05, 0) is 32.2 Å². The number of nitrogens with one attached hydrogen (secondary N) is 1. The Morgan fingerprint density at radius 1 is 1.38 bits per heavy atom. The van der Waals surface area contributed by atoms with Gasteiger partial charge in [0, 0.05) is 31.1 Å². The summed E-state index contributed by atoms with van der Waals surface area (Å²) in [5.74, 6) is 1.08. The van der Waals surface area contributed by atoms with E-state index in [0.717, 1.165) is 5.69 Å². The van der Waals surface area contributed by atoms with Crippen LogP contribution in [0.25, 0.3) is 17.3 Å². The summed E-state index contributed by atoms with van der Waals surface area (Å²) in [5.41, 5.74) is 1.53. The molecule has 0 spiro atoms. The fourth-order valence-corrected chi connectivity index (χ4v) is 1.92. The molecule has 1 N–H and O–H groups in total. The van der Waals surface area contributed by atoms with Gasteiger partial charge >= 0.3 is 0 Å². The van der Waals surface area contributed by atoms with Gasteiger partial charge in [-0.3, -0.25) is 4.98 Å². The highest BCUT2D eigenvalue weighted by molar-refractivity contribution is 5.51. The zero-order valence-corrected chi connectivity index (χ0v) is 11.9. The van der Waals surface area contributed by atoms with Crippen LogP contribution in [0.2, 0.25) is 0 Å². The first-order chi connectivity index (χ1) is 10.3. The van der Waals surface area contributed by atoms with E-state index in [1.54, 1.807) is 17.1 Å². The highest BCUT2D eigenvalue weighted by atomic mass is 16.5. The molecule has 1 unspecified atom stereocenters. The summed E-state index contributed by atoms with van der Waals surface area (Å²) < 4.78 is 7.04. The molecule has 3 aromatic heterocycles. The Kier molecular flexibility index (Phi) is 3.74. The van der Waals surface area contributed by atoms with Crippen molar-refractivity contribution in [2.45, 2.75) is 19.4 Å². The van der Waals surface area contributed by atoms with Crippen LogP contribution in [0, 0.1) is 0 Å². The molecule has 7 nitrogen and oxygen atoms in total. The third kappa shape index (κ3) is 2.97. The molecule has 0 radical (unpaired) electrons. The van der Waals surface area contributed by atoms with Gasteiger partial charge < -0.3 is 9.84 Å². The second-order valence-electron chi connectivity index (χ2n) is 4.76. The maximum Gasteiger partial charge on any atom is 0.276 e. The van der Waals surface area contributed by atoms with Crippen LogP contribution in [0.3, 0.4) is 0 Å². The van der Waals surface area contributed by atoms with Crippen LogP contribution in [0.1, 0.15) is 12.7 Å². The van der Waals surface area contributed by atoms with Crippen LogP contribution in [-0.2, 0) is 6.42 Å². The largest absolute Gasteiger partial charge is 0.332 e. The van der Waals surface area contributed by atoms with E-state index in [1.165, 1.54) is 0 Å². The lowest BCUT2D eigenvalue weighted by atomic mass is 10.2. The van der Waals surface area contributed by atoms with Crippen molar-refractivity contribution in [2.75, 3.05) is 7.05 Å². The van der Waals surface area contributed by atoms with Crippen LogP contribution < -0.4 is 5.32 Å². The lowest BCUT2D eigenvalue weighted by Gasteiger charge is -2.04. The van der Waals surface area contributed by atoms with E-state index in [0.29, 0.717) is 29.9 Å². The predicted octanol–water partition coefficient (Wildman–Crippen LogP) is 1.47. The normalized spacial score (nSPS) is 12.5. The zero-order valence-electron chi connectivity index (χ0n) is 11.9. The molecule has 3 aromatic rings. The molecule has 0 bridgehead atoms. The maximum absolute atomic E-state index is 5.29. The molecule has 21 heavy (non-hydrogen) atoms. The minimum absolute atomic E-state index is 0.291. The minimum Gasteiger partial charge on any atom is -0.332 e. The maximum atomic E-state index is 5.29. The van der Waals surface area contributed by atoms with E-state index in [-0.39, 0.29) is 0 Å². The Balaban J connectivity index is 1.86. The van der Waals surface area contributed by atoms with Gasteiger partial charge in [0.1, 0.15) is 5.69 Å². The molecular formula is C14H16N6O. The van der Waals surface area contributed by atoms with Gasteiger partial charge in [0.25, 0.3) is 5.89 Å². The molecule has 0 fully saturated rings. The number of pyridine rings is 1. The second-order valence-corrected chi connectivity index (χ2v) is 4.76. The lowest BCUT2D eigenvalue weighted by Crippen LogP contribution is -2.24. The second kappa shape index (κ2) is 5.84. The summed E-state index contributed by atoms with van der Waals surface area (Å²) in [4.78, 5) is 8.66. The molecule has 0 aliphatic carbocycles. The van der Waals surface area contributed by atoms with Crippen molar-refractivity contribution in [3.05, 3.63) is 42.6 Å². The third-order valence-corrected chi connectivity index (χ3v) is 3.18. The first-order valence-electron chi connectivity index (χ1n) is 6.72. The standard InChI is InChI=1S/C14H16N6O/c1-10(15-2)8-13-18-14(21-19-13)12-9-11(4-6-16-12)20-7-3-5-17-20/h3-7,9-10,15H,8H2,1-2H3. The van der Waals surface area contributed by atoms with Gasteiger partial charge in [0.15, 0.2) is 5.82 Å². The molecule has 0 amide bonds. The fraction of sp³-hybridized carbons (Fsp3) is 0.286. The van der Waals surface area contributed by atoms with E-state index >= 15 is 0 Å². The van der Waals surface area contributed by atoms with E-state index in [9.17, 15) is 0 Å². The monoisotopic (exact) mass is 284 g/mol. The summed E-state index contributed by atoms with van der Waals surface area (Å²) in [5, 5.41) is 11.3. The average molecular weight is 284 g/mol. The van der Waals surface area contributed by atoms with E-state index in [1.807, 2.05) is 31.4 Å². The Bertz CT molecular complexity index is 706. The molecule has 7 heteroatoms. The van der Waals surface area contributed by atoms with Gasteiger partial charge in [0.2, 0.25) is 0 Å². The molecule has 0 aliphatic rings. The average Bonchev–Trinajstić information content (AvgIpc) is 3.19. The predicted molar refractivity (Wildman–Crippen MR) is 76.9 cm³/mol. The summed E-state index contributed by atoms with van der Waals surface area (Å²) in [6.45, 7) is 2.06. The molecule has 0 aliphatic heterocycles. The number of hydrogen-bond acceptors (Lipinski definition) is 6. The van der Waals surface area contributed by atoms with Gasteiger partial charge in [-0.15, -0.1) is 0 Å². The van der Waals surface area contributed by atoms with Gasteiger partial charge in [-0.25, -0.2) is 4.68 Å². The van der Waals surface area contributed by atoms with Gasteiger partial charge in [-0.2, -0.15) is 10.1 Å². The van der Waals surface area contributed by atoms with Crippen LogP contribution in [0.15, 0.2) is 41.3 Å². The van der Waals surface area contributed by atoms with Crippen LogP contribution in [0.5, 0.6) is 0 Å². The molecular weight excluding hydrogens is 268 g/mol. The summed E-state index contributed by atoms with van der Waals surface area (Å²) >= 11 is 0. The number of rotatable bonds is 5. The summed E-state index contributed by atoms with van der Waals surface area (Å²) in [6, 6.07) is 5.89. The molecule has 0 aromatic carbocycles. The van der Waals surface area contributed by atoms with Crippen molar-refractivity contribution < 1.29 is 4.52 Å². The Hall–Kier alpha value is -2.54. The number of aromatic nitrogens is 5. The molecule has 108 valence electrons. The molecule has 1 atom stereocenters. The van der Waals surface area contributed by atoms with Crippen molar-refractivity contribution in [3.8, 4) is 17.3 Å². The quantitative estimate of drug-likeness (QED) is 0.764. The van der Waals surface area contributed by atoms with Crippen LogP contribution in [-0.4, -0.2) is 38.0 Å². The smallest absolute Gasteiger partial charge is 0.276 e. The highest BCUT2D eigenvalue weighted by Crippen LogP contribution is 2.17. The number of nitrogens with zero attached hydrogens (tertiary/aromatic N) is 5.